The zero-order valence-corrected chi connectivity index (χ0v) is 12.6. The maximum Gasteiger partial charge on any atom is 0.306 e. The van der Waals surface area contributed by atoms with E-state index in [1.54, 1.807) is 13.0 Å². The first-order valence-electron chi connectivity index (χ1n) is 7.12. The Morgan fingerprint density at radius 3 is 2.48 bits per heavy atom. The molecule has 0 bridgehead atoms. The maximum absolute atomic E-state index is 11.7. The molecule has 0 aliphatic rings. The summed E-state index contributed by atoms with van der Waals surface area (Å²) in [5.74, 6) is -0.427. The van der Waals surface area contributed by atoms with Gasteiger partial charge in [0, 0.05) is 6.92 Å². The molecule has 1 atom stereocenters. The van der Waals surface area contributed by atoms with Crippen LogP contribution in [0.1, 0.15) is 38.2 Å². The molecule has 4 heteroatoms. The topological polar surface area (TPSA) is 52.6 Å². The molecule has 0 saturated heterocycles. The molecule has 1 aromatic rings. The highest BCUT2D eigenvalue weighted by Crippen LogP contribution is 2.24. The van der Waals surface area contributed by atoms with Crippen molar-refractivity contribution in [1.82, 2.24) is 0 Å². The van der Waals surface area contributed by atoms with Crippen molar-refractivity contribution in [2.24, 2.45) is 0 Å². The van der Waals surface area contributed by atoms with Crippen molar-refractivity contribution in [1.29, 1.82) is 0 Å². The van der Waals surface area contributed by atoms with Crippen molar-refractivity contribution in [3.63, 3.8) is 0 Å². The average molecular weight is 290 g/mol. The van der Waals surface area contributed by atoms with Gasteiger partial charge >= 0.3 is 11.9 Å². The number of allylic oxidation sites excluding steroid dienone is 1. The summed E-state index contributed by atoms with van der Waals surface area (Å²) in [5, 5.41) is 0. The summed E-state index contributed by atoms with van der Waals surface area (Å²) < 4.78 is 9.85. The van der Waals surface area contributed by atoms with Crippen LogP contribution in [0.3, 0.4) is 0 Å². The minimum Gasteiger partial charge on any atom is -0.466 e. The molecule has 0 aromatic heterocycles. The van der Waals surface area contributed by atoms with Crippen LogP contribution in [0.15, 0.2) is 42.5 Å². The number of benzene rings is 1. The van der Waals surface area contributed by atoms with Crippen molar-refractivity contribution in [2.45, 2.75) is 32.6 Å². The third kappa shape index (κ3) is 7.30. The molecule has 4 nitrogen and oxygen atoms in total. The fourth-order valence-electron chi connectivity index (χ4n) is 1.98. The summed E-state index contributed by atoms with van der Waals surface area (Å²) in [6, 6.07) is 9.86. The summed E-state index contributed by atoms with van der Waals surface area (Å²) in [7, 11) is 0. The van der Waals surface area contributed by atoms with Crippen molar-refractivity contribution >= 4 is 11.9 Å². The molecule has 0 amide bonds. The molecule has 0 aliphatic carbocycles. The predicted octanol–water partition coefficient (Wildman–Crippen LogP) is 3.23. The second kappa shape index (κ2) is 9.75. The Bertz CT molecular complexity index is 465. The van der Waals surface area contributed by atoms with Crippen LogP contribution in [-0.4, -0.2) is 25.2 Å². The van der Waals surface area contributed by atoms with E-state index in [2.05, 4.69) is 0 Å². The predicted molar refractivity (Wildman–Crippen MR) is 80.8 cm³/mol. The Morgan fingerprint density at radius 1 is 1.14 bits per heavy atom. The van der Waals surface area contributed by atoms with E-state index in [0.717, 1.165) is 5.56 Å². The number of ether oxygens (including phenoxy) is 2. The number of rotatable bonds is 8. The van der Waals surface area contributed by atoms with E-state index in [1.165, 1.54) is 6.92 Å². The minimum atomic E-state index is -0.300. The Kier molecular flexibility index (Phi) is 7.87. The van der Waals surface area contributed by atoms with E-state index in [-0.39, 0.29) is 24.5 Å². The lowest BCUT2D eigenvalue weighted by Gasteiger charge is -2.14. The Hall–Kier alpha value is -2.10. The van der Waals surface area contributed by atoms with Crippen molar-refractivity contribution in [3.05, 3.63) is 48.0 Å². The van der Waals surface area contributed by atoms with E-state index in [0.29, 0.717) is 19.4 Å². The first-order valence-corrected chi connectivity index (χ1v) is 7.12. The van der Waals surface area contributed by atoms with Crippen molar-refractivity contribution in [3.8, 4) is 0 Å². The van der Waals surface area contributed by atoms with E-state index in [1.807, 2.05) is 36.4 Å². The minimum absolute atomic E-state index is 0.0684. The Labute approximate surface area is 125 Å². The zero-order chi connectivity index (χ0) is 15.5. The molecule has 1 rings (SSSR count). The standard InChI is InChI=1S/C17H22O4/c1-3-20-17(19)13-16(15-9-5-4-6-10-15)11-7-8-12-21-14(2)18/h4-10,16H,3,11-13H2,1-2H3/b8-7-/t16-/m1/s1. The van der Waals surface area contributed by atoms with Crippen molar-refractivity contribution in [2.75, 3.05) is 13.2 Å². The van der Waals surface area contributed by atoms with Crippen LogP contribution in [-0.2, 0) is 19.1 Å². The van der Waals surface area contributed by atoms with E-state index in [9.17, 15) is 9.59 Å². The van der Waals surface area contributed by atoms with E-state index in [4.69, 9.17) is 9.47 Å². The molecule has 0 heterocycles. The lowest BCUT2D eigenvalue weighted by Crippen LogP contribution is -2.10. The van der Waals surface area contributed by atoms with Crippen LogP contribution in [0.4, 0.5) is 0 Å². The normalized spacial score (nSPS) is 12.1. The molecule has 0 aliphatic heterocycles. The largest absolute Gasteiger partial charge is 0.466 e. The first-order chi connectivity index (χ1) is 10.1. The Balaban J connectivity index is 2.60. The van der Waals surface area contributed by atoms with Crippen LogP contribution in [0.25, 0.3) is 0 Å². The summed E-state index contributed by atoms with van der Waals surface area (Å²) in [4.78, 5) is 22.4. The van der Waals surface area contributed by atoms with Gasteiger partial charge in [0.1, 0.15) is 6.61 Å². The molecule has 0 fully saturated rings. The highest BCUT2D eigenvalue weighted by atomic mass is 16.5. The van der Waals surface area contributed by atoms with Gasteiger partial charge in [0.15, 0.2) is 0 Å². The van der Waals surface area contributed by atoms with Gasteiger partial charge in [0.25, 0.3) is 0 Å². The molecular formula is C17H22O4. The molecule has 0 radical (unpaired) electrons. The molecule has 0 spiro atoms. The van der Waals surface area contributed by atoms with Crippen LogP contribution in [0.5, 0.6) is 0 Å². The van der Waals surface area contributed by atoms with Gasteiger partial charge in [-0.15, -0.1) is 0 Å². The van der Waals surface area contributed by atoms with Gasteiger partial charge in [-0.1, -0.05) is 42.5 Å². The van der Waals surface area contributed by atoms with Crippen LogP contribution in [0.2, 0.25) is 0 Å². The van der Waals surface area contributed by atoms with E-state index < -0.39 is 0 Å². The second-order valence-electron chi connectivity index (χ2n) is 4.63. The van der Waals surface area contributed by atoms with E-state index >= 15 is 0 Å². The lowest BCUT2D eigenvalue weighted by atomic mass is 9.92. The maximum atomic E-state index is 11.7. The molecular weight excluding hydrogens is 268 g/mol. The first kappa shape index (κ1) is 17.0. The fourth-order valence-corrected chi connectivity index (χ4v) is 1.98. The van der Waals surface area contributed by atoms with Gasteiger partial charge in [0.05, 0.1) is 13.0 Å². The van der Waals surface area contributed by atoms with Crippen molar-refractivity contribution < 1.29 is 19.1 Å². The van der Waals surface area contributed by atoms with Crippen LogP contribution in [0, 0.1) is 0 Å². The number of hydrogen-bond acceptors (Lipinski definition) is 4. The van der Waals surface area contributed by atoms with Gasteiger partial charge in [0.2, 0.25) is 0 Å². The van der Waals surface area contributed by atoms with Crippen LogP contribution >= 0.6 is 0 Å². The number of esters is 2. The summed E-state index contributed by atoms with van der Waals surface area (Å²) in [6.07, 6.45) is 4.77. The summed E-state index contributed by atoms with van der Waals surface area (Å²) in [6.45, 7) is 3.83. The fraction of sp³-hybridized carbons (Fsp3) is 0.412. The molecule has 21 heavy (non-hydrogen) atoms. The number of hydrogen-bond donors (Lipinski definition) is 0. The van der Waals surface area contributed by atoms with Crippen LogP contribution < -0.4 is 0 Å². The van der Waals surface area contributed by atoms with Gasteiger partial charge < -0.3 is 9.47 Å². The smallest absolute Gasteiger partial charge is 0.306 e. The molecule has 0 saturated carbocycles. The molecule has 0 unspecified atom stereocenters. The summed E-state index contributed by atoms with van der Waals surface area (Å²) >= 11 is 0. The molecule has 0 N–H and O–H groups in total. The highest BCUT2D eigenvalue weighted by Gasteiger charge is 2.15. The highest BCUT2D eigenvalue weighted by molar-refractivity contribution is 5.70. The monoisotopic (exact) mass is 290 g/mol. The van der Waals surface area contributed by atoms with Gasteiger partial charge in [-0.3, -0.25) is 9.59 Å². The quantitative estimate of drug-likeness (QED) is 0.545. The van der Waals surface area contributed by atoms with Gasteiger partial charge in [-0.25, -0.2) is 0 Å². The number of carbonyl (C=O) groups is 2. The van der Waals surface area contributed by atoms with Gasteiger partial charge in [-0.05, 0) is 24.8 Å². The second-order valence-corrected chi connectivity index (χ2v) is 4.63. The lowest BCUT2D eigenvalue weighted by molar-refractivity contribution is -0.143. The SMILES string of the molecule is CCOC(=O)C[C@@H](C/C=C\COC(C)=O)c1ccccc1. The third-order valence-corrected chi connectivity index (χ3v) is 2.96. The summed E-state index contributed by atoms with van der Waals surface area (Å²) in [5.41, 5.74) is 1.10. The van der Waals surface area contributed by atoms with Gasteiger partial charge in [-0.2, -0.15) is 0 Å². The third-order valence-electron chi connectivity index (χ3n) is 2.96. The molecule has 114 valence electrons. The molecule has 1 aromatic carbocycles. The number of carbonyl (C=O) groups excluding carboxylic acids is 2. The Morgan fingerprint density at radius 2 is 1.86 bits per heavy atom. The average Bonchev–Trinajstić information content (AvgIpc) is 2.46. The zero-order valence-electron chi connectivity index (χ0n) is 12.6.